The van der Waals surface area contributed by atoms with Crippen LogP contribution < -0.4 is 4.90 Å². The third kappa shape index (κ3) is 3.90. The van der Waals surface area contributed by atoms with Crippen molar-refractivity contribution < 1.29 is 5.11 Å². The maximum atomic E-state index is 9.84. The summed E-state index contributed by atoms with van der Waals surface area (Å²) in [4.78, 5) is 5.15. The molecule has 2 aliphatic heterocycles. The number of rotatable bonds is 5. The minimum Gasteiger partial charge on any atom is -0.396 e. The summed E-state index contributed by atoms with van der Waals surface area (Å²) in [6.45, 7) is 9.04. The smallest absolute Gasteiger partial charge is 0.117 e. The maximum absolute atomic E-state index is 9.84. The molecule has 1 saturated carbocycles. The Kier molecular flexibility index (Phi) is 5.87. The van der Waals surface area contributed by atoms with Crippen LogP contribution >= 0.6 is 0 Å². The highest BCUT2D eigenvalue weighted by atomic mass is 16.3. The Morgan fingerprint density at radius 3 is 2.59 bits per heavy atom. The van der Waals surface area contributed by atoms with Crippen molar-refractivity contribution in [1.82, 2.24) is 4.90 Å². The molecule has 1 N–H and O–H groups in total. The average molecular weight is 393 g/mol. The topological polar surface area (TPSA) is 26.7 Å². The monoisotopic (exact) mass is 392 g/mol. The van der Waals surface area contributed by atoms with Crippen LogP contribution in [0.1, 0.15) is 64.4 Å². The molecular formula is C26H36N2O. The van der Waals surface area contributed by atoms with Gasteiger partial charge in [-0.3, -0.25) is 4.90 Å². The first-order valence-corrected chi connectivity index (χ1v) is 11.4. The van der Waals surface area contributed by atoms with Crippen LogP contribution in [-0.2, 0) is 0 Å². The van der Waals surface area contributed by atoms with E-state index >= 15 is 0 Å². The molecule has 0 amide bonds. The van der Waals surface area contributed by atoms with Crippen molar-refractivity contribution in [2.45, 2.75) is 65.7 Å². The Bertz CT molecular complexity index is 840. The standard InChI is InChI=1S/C26H36N2O/c1-4-5-11-22-18-21-10-8-12-23(21)25(27-16-14-26(3,19-29)15-17-27)28(22)24-13-7-6-9-20(24)2/h6-7,9,11,13,18,29H,4-5,8,10,12,14-17,19H2,1-3H3/b22-11+. The number of hydrogen-bond acceptors (Lipinski definition) is 3. The first-order chi connectivity index (χ1) is 14.1. The summed E-state index contributed by atoms with van der Waals surface area (Å²) in [5.74, 6) is 1.41. The van der Waals surface area contributed by atoms with Gasteiger partial charge < -0.3 is 10.0 Å². The molecule has 2 heterocycles. The summed E-state index contributed by atoms with van der Waals surface area (Å²) in [6.07, 6.45) is 12.9. The highest BCUT2D eigenvalue weighted by molar-refractivity contribution is 5.69. The molecule has 3 aliphatic rings. The Morgan fingerprint density at radius 2 is 1.90 bits per heavy atom. The SMILES string of the molecule is CCC/C=C1\C=C2CCCC2=C(N2CCC(C)(CO)CC2)N1c1ccccc1C. The first-order valence-electron chi connectivity index (χ1n) is 11.4. The zero-order valence-electron chi connectivity index (χ0n) is 18.4. The van der Waals surface area contributed by atoms with Gasteiger partial charge in [0.15, 0.2) is 0 Å². The second-order valence-corrected chi connectivity index (χ2v) is 9.32. The highest BCUT2D eigenvalue weighted by Crippen LogP contribution is 2.45. The molecular weight excluding hydrogens is 356 g/mol. The van der Waals surface area contributed by atoms with Crippen molar-refractivity contribution in [2.24, 2.45) is 5.41 Å². The fourth-order valence-corrected chi connectivity index (χ4v) is 4.94. The number of para-hydroxylation sites is 1. The minimum absolute atomic E-state index is 0.0686. The zero-order valence-corrected chi connectivity index (χ0v) is 18.4. The molecule has 0 spiro atoms. The average Bonchev–Trinajstić information content (AvgIpc) is 3.21. The highest BCUT2D eigenvalue weighted by Gasteiger charge is 2.36. The number of allylic oxidation sites excluding steroid dienone is 4. The molecule has 3 heteroatoms. The van der Waals surface area contributed by atoms with Gasteiger partial charge in [-0.25, -0.2) is 0 Å². The number of benzene rings is 1. The molecule has 0 atom stereocenters. The largest absolute Gasteiger partial charge is 0.396 e. The van der Waals surface area contributed by atoms with Crippen LogP contribution in [0.3, 0.4) is 0 Å². The van der Waals surface area contributed by atoms with E-state index in [4.69, 9.17) is 0 Å². The van der Waals surface area contributed by atoms with Gasteiger partial charge in [0.25, 0.3) is 0 Å². The van der Waals surface area contributed by atoms with E-state index < -0.39 is 0 Å². The van der Waals surface area contributed by atoms with E-state index in [9.17, 15) is 5.11 Å². The van der Waals surface area contributed by atoms with Crippen LogP contribution in [0.15, 0.2) is 59.1 Å². The second-order valence-electron chi connectivity index (χ2n) is 9.32. The van der Waals surface area contributed by atoms with E-state index in [2.05, 4.69) is 67.0 Å². The lowest BCUT2D eigenvalue weighted by molar-refractivity contribution is 0.0703. The molecule has 0 unspecified atom stereocenters. The van der Waals surface area contributed by atoms with Crippen LogP contribution in [0.4, 0.5) is 5.69 Å². The number of aryl methyl sites for hydroxylation is 1. The van der Waals surface area contributed by atoms with Gasteiger partial charge in [0.1, 0.15) is 5.82 Å². The third-order valence-electron chi connectivity index (χ3n) is 6.97. The molecule has 1 aromatic carbocycles. The van der Waals surface area contributed by atoms with E-state index in [0.717, 1.165) is 32.4 Å². The number of fused-ring (bicyclic) bond motifs is 1. The van der Waals surface area contributed by atoms with Gasteiger partial charge in [-0.1, -0.05) is 44.5 Å². The Labute approximate surface area is 176 Å². The van der Waals surface area contributed by atoms with Gasteiger partial charge >= 0.3 is 0 Å². The molecule has 156 valence electrons. The molecule has 1 aromatic rings. The van der Waals surface area contributed by atoms with Crippen molar-refractivity contribution in [3.05, 3.63) is 64.6 Å². The Hall–Kier alpha value is -2.00. The van der Waals surface area contributed by atoms with E-state index in [1.165, 1.54) is 48.5 Å². The van der Waals surface area contributed by atoms with Crippen LogP contribution in [-0.4, -0.2) is 29.7 Å². The van der Waals surface area contributed by atoms with Crippen molar-refractivity contribution in [3.8, 4) is 0 Å². The van der Waals surface area contributed by atoms with Gasteiger partial charge in [-0.2, -0.15) is 0 Å². The fourth-order valence-electron chi connectivity index (χ4n) is 4.94. The molecule has 1 aliphatic carbocycles. The Morgan fingerprint density at radius 1 is 1.14 bits per heavy atom. The summed E-state index contributed by atoms with van der Waals surface area (Å²) in [7, 11) is 0. The van der Waals surface area contributed by atoms with E-state index in [0.29, 0.717) is 6.61 Å². The van der Waals surface area contributed by atoms with Gasteiger partial charge in [0.2, 0.25) is 0 Å². The van der Waals surface area contributed by atoms with E-state index in [1.807, 2.05) is 0 Å². The molecule has 0 radical (unpaired) electrons. The van der Waals surface area contributed by atoms with Crippen molar-refractivity contribution in [3.63, 3.8) is 0 Å². The number of piperidine rings is 1. The molecule has 3 nitrogen and oxygen atoms in total. The number of likely N-dealkylation sites (tertiary alicyclic amines) is 1. The van der Waals surface area contributed by atoms with Gasteiger partial charge in [0.05, 0.1) is 5.69 Å². The van der Waals surface area contributed by atoms with Gasteiger partial charge in [-0.05, 0) is 79.7 Å². The summed E-state index contributed by atoms with van der Waals surface area (Å²) in [6, 6.07) is 8.79. The molecule has 4 rings (SSSR count). The molecule has 0 bridgehead atoms. The number of hydrogen-bond donors (Lipinski definition) is 1. The summed E-state index contributed by atoms with van der Waals surface area (Å²) in [5, 5.41) is 9.84. The number of anilines is 1. The zero-order chi connectivity index (χ0) is 20.4. The predicted octanol–water partition coefficient (Wildman–Crippen LogP) is 5.92. The molecule has 1 saturated heterocycles. The fraction of sp³-hybridized carbons (Fsp3) is 0.538. The lowest BCUT2D eigenvalue weighted by Crippen LogP contribution is -2.45. The van der Waals surface area contributed by atoms with Crippen molar-refractivity contribution in [1.29, 1.82) is 0 Å². The normalized spacial score (nSPS) is 22.9. The van der Waals surface area contributed by atoms with Crippen LogP contribution in [0.25, 0.3) is 0 Å². The number of unbranched alkanes of at least 4 members (excludes halogenated alkanes) is 1. The van der Waals surface area contributed by atoms with E-state index in [1.54, 1.807) is 11.1 Å². The molecule has 2 fully saturated rings. The summed E-state index contributed by atoms with van der Waals surface area (Å²) < 4.78 is 0. The minimum atomic E-state index is 0.0686. The van der Waals surface area contributed by atoms with Crippen molar-refractivity contribution >= 4 is 5.69 Å². The second kappa shape index (κ2) is 8.39. The Balaban J connectivity index is 1.80. The quantitative estimate of drug-likeness (QED) is 0.674. The lowest BCUT2D eigenvalue weighted by Gasteiger charge is -2.46. The van der Waals surface area contributed by atoms with Crippen molar-refractivity contribution in [2.75, 3.05) is 24.6 Å². The third-order valence-corrected chi connectivity index (χ3v) is 6.97. The van der Waals surface area contributed by atoms with Crippen LogP contribution in [0, 0.1) is 12.3 Å². The summed E-state index contributed by atoms with van der Waals surface area (Å²) >= 11 is 0. The van der Waals surface area contributed by atoms with Crippen LogP contribution in [0.2, 0.25) is 0 Å². The number of aliphatic hydroxyl groups excluding tert-OH is 1. The predicted molar refractivity (Wildman–Crippen MR) is 122 cm³/mol. The van der Waals surface area contributed by atoms with Gasteiger partial charge in [-0.15, -0.1) is 0 Å². The van der Waals surface area contributed by atoms with Gasteiger partial charge in [0, 0.05) is 25.4 Å². The van der Waals surface area contributed by atoms with Crippen LogP contribution in [0.5, 0.6) is 0 Å². The first kappa shape index (κ1) is 20.3. The molecule has 29 heavy (non-hydrogen) atoms. The van der Waals surface area contributed by atoms with E-state index in [-0.39, 0.29) is 5.41 Å². The number of aliphatic hydroxyl groups is 1. The molecule has 0 aromatic heterocycles. The summed E-state index contributed by atoms with van der Waals surface area (Å²) in [5.41, 5.74) is 7.12. The maximum Gasteiger partial charge on any atom is 0.117 e. The number of nitrogens with zero attached hydrogens (tertiary/aromatic N) is 2. The lowest BCUT2D eigenvalue weighted by atomic mass is 9.81.